The van der Waals surface area contributed by atoms with E-state index >= 15 is 0 Å². The van der Waals surface area contributed by atoms with Crippen LogP contribution in [0.1, 0.15) is 29.6 Å². The highest BCUT2D eigenvalue weighted by atomic mass is 16.2. The minimum atomic E-state index is 0.0244. The first-order chi connectivity index (χ1) is 15.2. The van der Waals surface area contributed by atoms with Crippen LogP contribution in [0, 0.1) is 0 Å². The Labute approximate surface area is 183 Å². The van der Waals surface area contributed by atoms with Gasteiger partial charge in [-0.1, -0.05) is 24.6 Å². The van der Waals surface area contributed by atoms with E-state index in [-0.39, 0.29) is 11.8 Å². The first-order valence-electron chi connectivity index (χ1n) is 11.6. The minimum absolute atomic E-state index is 0.0244. The molecule has 2 aliphatic heterocycles. The zero-order chi connectivity index (χ0) is 21.2. The van der Waals surface area contributed by atoms with Gasteiger partial charge in [-0.2, -0.15) is 0 Å². The fourth-order valence-corrected chi connectivity index (χ4v) is 4.86. The Morgan fingerprint density at radius 1 is 0.903 bits per heavy atom. The third-order valence-corrected chi connectivity index (χ3v) is 7.11. The Kier molecular flexibility index (Phi) is 5.87. The molecule has 0 unspecified atom stereocenters. The molecule has 5 rings (SSSR count). The van der Waals surface area contributed by atoms with E-state index in [1.54, 1.807) is 6.20 Å². The average Bonchev–Trinajstić information content (AvgIpc) is 2.78. The number of benzene rings is 1. The molecule has 0 atom stereocenters. The molecule has 0 bridgehead atoms. The first kappa shape index (κ1) is 20.4. The summed E-state index contributed by atoms with van der Waals surface area (Å²) in [6, 6.07) is 10.5. The van der Waals surface area contributed by atoms with Gasteiger partial charge in [0.25, 0.3) is 5.91 Å². The molecule has 3 fully saturated rings. The number of hydrogen-bond donors (Lipinski definition) is 0. The van der Waals surface area contributed by atoms with Crippen LogP contribution in [0.5, 0.6) is 0 Å². The molecular weight excluding hydrogens is 390 g/mol. The topological polar surface area (TPSA) is 60.0 Å². The van der Waals surface area contributed by atoms with Crippen molar-refractivity contribution < 1.29 is 9.59 Å². The summed E-state index contributed by atoms with van der Waals surface area (Å²) in [5.74, 6) is 0.253. The molecule has 2 saturated heterocycles. The molecule has 31 heavy (non-hydrogen) atoms. The van der Waals surface area contributed by atoms with E-state index in [2.05, 4.69) is 14.8 Å². The normalized spacial score (nSPS) is 21.3. The highest BCUT2D eigenvalue weighted by molar-refractivity contribution is 5.97. The van der Waals surface area contributed by atoms with Crippen LogP contribution in [-0.2, 0) is 4.79 Å². The average molecular weight is 422 g/mol. The Bertz CT molecular complexity index is 944. The molecule has 7 heteroatoms. The summed E-state index contributed by atoms with van der Waals surface area (Å²) >= 11 is 0. The van der Waals surface area contributed by atoms with Crippen LogP contribution in [0.25, 0.3) is 10.9 Å². The maximum absolute atomic E-state index is 12.9. The Morgan fingerprint density at radius 3 is 2.32 bits per heavy atom. The van der Waals surface area contributed by atoms with Crippen molar-refractivity contribution in [1.82, 2.24) is 24.6 Å². The van der Waals surface area contributed by atoms with Gasteiger partial charge in [0, 0.05) is 70.0 Å². The van der Waals surface area contributed by atoms with Crippen LogP contribution in [0.2, 0.25) is 0 Å². The third kappa shape index (κ3) is 4.43. The lowest BCUT2D eigenvalue weighted by molar-refractivity contribution is -0.135. The quantitative estimate of drug-likeness (QED) is 0.752. The second-order valence-corrected chi connectivity index (χ2v) is 8.99. The largest absolute Gasteiger partial charge is 0.339 e. The van der Waals surface area contributed by atoms with E-state index < -0.39 is 0 Å². The van der Waals surface area contributed by atoms with E-state index in [4.69, 9.17) is 0 Å². The molecule has 7 nitrogen and oxygen atoms in total. The number of fused-ring (bicyclic) bond motifs is 1. The molecule has 1 saturated carbocycles. The Hall–Kier alpha value is -2.51. The van der Waals surface area contributed by atoms with Crippen LogP contribution >= 0.6 is 0 Å². The number of hydrogen-bond acceptors (Lipinski definition) is 5. The van der Waals surface area contributed by atoms with Crippen molar-refractivity contribution >= 4 is 22.7 Å². The predicted octanol–water partition coefficient (Wildman–Crippen LogP) is 1.69. The van der Waals surface area contributed by atoms with Crippen molar-refractivity contribution in [3.63, 3.8) is 0 Å². The highest BCUT2D eigenvalue weighted by Crippen LogP contribution is 2.25. The van der Waals surface area contributed by atoms with Gasteiger partial charge in [0.2, 0.25) is 5.91 Å². The van der Waals surface area contributed by atoms with Gasteiger partial charge in [-0.05, 0) is 25.0 Å². The lowest BCUT2D eigenvalue weighted by Gasteiger charge is -2.43. The molecule has 164 valence electrons. The summed E-state index contributed by atoms with van der Waals surface area (Å²) in [6.45, 7) is 6.95. The van der Waals surface area contributed by atoms with Crippen LogP contribution in [0.15, 0.2) is 36.5 Å². The summed E-state index contributed by atoms with van der Waals surface area (Å²) in [5, 5.41) is 0.981. The second kappa shape index (κ2) is 8.93. The maximum atomic E-state index is 12.9. The molecule has 0 spiro atoms. The van der Waals surface area contributed by atoms with Crippen molar-refractivity contribution in [2.24, 2.45) is 0 Å². The van der Waals surface area contributed by atoms with Crippen LogP contribution in [0.3, 0.4) is 0 Å². The number of rotatable bonds is 4. The van der Waals surface area contributed by atoms with E-state index in [1.807, 2.05) is 40.1 Å². The van der Waals surface area contributed by atoms with Crippen molar-refractivity contribution in [2.75, 3.05) is 58.9 Å². The number of amides is 2. The predicted molar refractivity (Wildman–Crippen MR) is 120 cm³/mol. The summed E-state index contributed by atoms with van der Waals surface area (Å²) in [4.78, 5) is 38.7. The zero-order valence-corrected chi connectivity index (χ0v) is 18.1. The third-order valence-electron chi connectivity index (χ3n) is 7.11. The number of nitrogens with zero attached hydrogens (tertiary/aromatic N) is 5. The molecule has 3 heterocycles. The molecular formula is C24H31N5O2. The summed E-state index contributed by atoms with van der Waals surface area (Å²) in [5.41, 5.74) is 1.53. The number of para-hydroxylation sites is 1. The van der Waals surface area contributed by atoms with E-state index in [0.29, 0.717) is 25.2 Å². The van der Waals surface area contributed by atoms with Gasteiger partial charge in [0.05, 0.1) is 17.6 Å². The molecule has 0 N–H and O–H groups in total. The fraction of sp³-hybridized carbons (Fsp3) is 0.542. The minimum Gasteiger partial charge on any atom is -0.339 e. The lowest BCUT2D eigenvalue weighted by atomic mass is 9.91. The van der Waals surface area contributed by atoms with Crippen LogP contribution in [-0.4, -0.2) is 101 Å². The smallest absolute Gasteiger partial charge is 0.255 e. The Morgan fingerprint density at radius 2 is 1.61 bits per heavy atom. The van der Waals surface area contributed by atoms with Gasteiger partial charge >= 0.3 is 0 Å². The molecule has 3 aliphatic rings. The van der Waals surface area contributed by atoms with E-state index in [0.717, 1.165) is 56.2 Å². The SMILES string of the molecule is O=C(CN1CCN(C(=O)c2cnc3ccccc3c2)CC1)N1CCN(C2CCC2)CC1. The number of carbonyl (C=O) groups excluding carboxylic acids is 2. The molecule has 1 aromatic carbocycles. The fourth-order valence-electron chi connectivity index (χ4n) is 4.86. The van der Waals surface area contributed by atoms with E-state index in [9.17, 15) is 9.59 Å². The van der Waals surface area contributed by atoms with Crippen molar-refractivity contribution in [1.29, 1.82) is 0 Å². The molecule has 2 aromatic rings. The second-order valence-electron chi connectivity index (χ2n) is 8.99. The van der Waals surface area contributed by atoms with Crippen LogP contribution in [0.4, 0.5) is 0 Å². The van der Waals surface area contributed by atoms with Crippen molar-refractivity contribution in [2.45, 2.75) is 25.3 Å². The van der Waals surface area contributed by atoms with Gasteiger partial charge in [-0.25, -0.2) is 0 Å². The number of carbonyl (C=O) groups is 2. The van der Waals surface area contributed by atoms with Crippen molar-refractivity contribution in [3.05, 3.63) is 42.1 Å². The highest BCUT2D eigenvalue weighted by Gasteiger charge is 2.30. The first-order valence-corrected chi connectivity index (χ1v) is 11.6. The zero-order valence-electron chi connectivity index (χ0n) is 18.1. The summed E-state index contributed by atoms with van der Waals surface area (Å²) in [7, 11) is 0. The van der Waals surface area contributed by atoms with Gasteiger partial charge < -0.3 is 9.80 Å². The summed E-state index contributed by atoms with van der Waals surface area (Å²) < 4.78 is 0. The number of piperazine rings is 2. The molecule has 0 radical (unpaired) electrons. The van der Waals surface area contributed by atoms with Crippen molar-refractivity contribution in [3.8, 4) is 0 Å². The number of pyridine rings is 1. The van der Waals surface area contributed by atoms with Crippen LogP contribution < -0.4 is 0 Å². The molecule has 1 aliphatic carbocycles. The van der Waals surface area contributed by atoms with Gasteiger partial charge in [0.1, 0.15) is 0 Å². The monoisotopic (exact) mass is 421 g/mol. The molecule has 2 amide bonds. The van der Waals surface area contributed by atoms with Gasteiger partial charge in [-0.15, -0.1) is 0 Å². The summed E-state index contributed by atoms with van der Waals surface area (Å²) in [6.07, 6.45) is 5.68. The van der Waals surface area contributed by atoms with Gasteiger partial charge in [-0.3, -0.25) is 24.4 Å². The maximum Gasteiger partial charge on any atom is 0.255 e. The van der Waals surface area contributed by atoms with E-state index in [1.165, 1.54) is 19.3 Å². The number of aromatic nitrogens is 1. The molecule has 1 aromatic heterocycles. The lowest BCUT2D eigenvalue weighted by Crippen LogP contribution is -2.56. The van der Waals surface area contributed by atoms with Gasteiger partial charge in [0.15, 0.2) is 0 Å². The standard InChI is InChI=1S/C24H31N5O2/c30-23(28-14-12-27(13-15-28)21-5-3-6-21)18-26-8-10-29(11-9-26)24(31)20-16-19-4-1-2-7-22(19)25-17-20/h1-2,4,7,16-17,21H,3,5-6,8-15,18H2. The Balaban J connectivity index is 1.10.